The lowest BCUT2D eigenvalue weighted by Crippen LogP contribution is -2.55. The van der Waals surface area contributed by atoms with Gasteiger partial charge in [0.2, 0.25) is 17.7 Å². The highest BCUT2D eigenvalue weighted by molar-refractivity contribution is 8.02. The van der Waals surface area contributed by atoms with Gasteiger partial charge in [0.1, 0.15) is 18.2 Å². The second-order valence-corrected chi connectivity index (χ2v) is 14.4. The second kappa shape index (κ2) is 14.4. The first-order valence-corrected chi connectivity index (χ1v) is 17.5. The molecule has 5 atom stereocenters. The van der Waals surface area contributed by atoms with Crippen LogP contribution >= 0.6 is 11.8 Å². The van der Waals surface area contributed by atoms with Crippen molar-refractivity contribution in [1.82, 2.24) is 29.7 Å². The molecular weight excluding hydrogens is 613 g/mol. The van der Waals surface area contributed by atoms with Crippen LogP contribution in [0.4, 0.5) is 0 Å². The molecule has 10 nitrogen and oxygen atoms in total. The number of nitrogens with zero attached hydrogens (tertiary/aromatic N) is 6. The number of unbranched alkanes of at least 4 members (excludes halogenated alkanes) is 3. The number of para-hydroxylation sites is 1. The highest BCUT2D eigenvalue weighted by atomic mass is 32.2. The van der Waals surface area contributed by atoms with E-state index in [-0.39, 0.29) is 42.8 Å². The summed E-state index contributed by atoms with van der Waals surface area (Å²) in [6.07, 6.45) is 8.03. The maximum absolute atomic E-state index is 14.8. The third-order valence-electron chi connectivity index (χ3n) is 9.89. The zero-order valence-electron chi connectivity index (χ0n) is 26.8. The van der Waals surface area contributed by atoms with Gasteiger partial charge in [0.05, 0.1) is 22.1 Å². The molecule has 1 spiro atoms. The zero-order valence-corrected chi connectivity index (χ0v) is 27.6. The fraction of sp³-hybridized carbons (Fsp3) is 0.472. The number of thioether (sulfide) groups is 1. The number of aliphatic hydroxyl groups excluding tert-OH is 1. The Morgan fingerprint density at radius 1 is 0.979 bits per heavy atom. The first kappa shape index (κ1) is 33.0. The van der Waals surface area contributed by atoms with E-state index in [0.29, 0.717) is 32.5 Å². The Labute approximate surface area is 280 Å². The molecule has 3 fully saturated rings. The zero-order chi connectivity index (χ0) is 33.0. The van der Waals surface area contributed by atoms with Gasteiger partial charge in [-0.25, -0.2) is 4.68 Å². The molecule has 3 aromatic rings. The number of amides is 3. The van der Waals surface area contributed by atoms with Gasteiger partial charge in [-0.1, -0.05) is 72.7 Å². The van der Waals surface area contributed by atoms with Gasteiger partial charge in [0, 0.05) is 38.0 Å². The number of aliphatic hydroxyl groups is 1. The number of fused-ring (bicyclic) bond motifs is 2. The lowest BCUT2D eigenvalue weighted by atomic mass is 9.70. The minimum absolute atomic E-state index is 0.0337. The van der Waals surface area contributed by atoms with E-state index in [1.807, 2.05) is 59.5 Å². The molecule has 3 aliphatic heterocycles. The van der Waals surface area contributed by atoms with Crippen LogP contribution in [0.2, 0.25) is 0 Å². The summed E-state index contributed by atoms with van der Waals surface area (Å²) in [5.74, 6) is -1.37. The Morgan fingerprint density at radius 3 is 2.47 bits per heavy atom. The summed E-state index contributed by atoms with van der Waals surface area (Å²) in [6, 6.07) is 16.8. The van der Waals surface area contributed by atoms with E-state index in [4.69, 9.17) is 0 Å². The van der Waals surface area contributed by atoms with Crippen molar-refractivity contribution in [1.29, 1.82) is 0 Å². The largest absolute Gasteiger partial charge is 0.396 e. The molecule has 47 heavy (non-hydrogen) atoms. The van der Waals surface area contributed by atoms with Crippen LogP contribution in [0.5, 0.6) is 0 Å². The van der Waals surface area contributed by atoms with Gasteiger partial charge in [-0.15, -0.1) is 30.0 Å². The molecule has 4 heterocycles. The molecule has 1 aromatic heterocycles. The minimum atomic E-state index is -0.706. The van der Waals surface area contributed by atoms with Crippen LogP contribution in [0.3, 0.4) is 0 Å². The number of carbonyl (C=O) groups is 3. The van der Waals surface area contributed by atoms with Crippen molar-refractivity contribution in [3.05, 3.63) is 85.5 Å². The molecule has 0 radical (unpaired) electrons. The quantitative estimate of drug-likeness (QED) is 0.181. The number of hydrogen-bond donors (Lipinski definition) is 1. The third-order valence-corrected chi connectivity index (χ3v) is 11.8. The van der Waals surface area contributed by atoms with Crippen molar-refractivity contribution in [2.75, 3.05) is 26.2 Å². The summed E-state index contributed by atoms with van der Waals surface area (Å²) in [4.78, 5) is 49.2. The summed E-state index contributed by atoms with van der Waals surface area (Å²) in [5.41, 5.74) is 2.57. The smallest absolute Gasteiger partial charge is 0.248 e. The van der Waals surface area contributed by atoms with Crippen LogP contribution in [-0.2, 0) is 27.6 Å². The van der Waals surface area contributed by atoms with Crippen molar-refractivity contribution >= 4 is 40.5 Å². The topological polar surface area (TPSA) is 112 Å². The number of likely N-dealkylation sites (tertiary alicyclic amines) is 1. The Morgan fingerprint density at radius 2 is 1.70 bits per heavy atom. The number of carbonyl (C=O) groups excluding carboxylic acids is 3. The van der Waals surface area contributed by atoms with Gasteiger partial charge in [-0.05, 0) is 43.4 Å². The Hall–Kier alpha value is -3.96. The Bertz CT molecular complexity index is 1610. The fourth-order valence-corrected chi connectivity index (χ4v) is 10.0. The maximum Gasteiger partial charge on any atom is 0.248 e. The number of rotatable bonds is 16. The van der Waals surface area contributed by atoms with E-state index >= 15 is 0 Å². The maximum atomic E-state index is 14.8. The average molecular weight is 657 g/mol. The highest BCUT2D eigenvalue weighted by Crippen LogP contribution is 2.66. The van der Waals surface area contributed by atoms with Crippen LogP contribution in [0.1, 0.15) is 44.1 Å². The number of hydrogen-bond acceptors (Lipinski definition) is 7. The third kappa shape index (κ3) is 6.23. The summed E-state index contributed by atoms with van der Waals surface area (Å²) in [6.45, 7) is 9.66. The van der Waals surface area contributed by atoms with Crippen molar-refractivity contribution in [2.45, 2.75) is 67.8 Å². The minimum Gasteiger partial charge on any atom is -0.396 e. The summed E-state index contributed by atoms with van der Waals surface area (Å²) in [7, 11) is 0. The molecule has 2 unspecified atom stereocenters. The summed E-state index contributed by atoms with van der Waals surface area (Å²) >= 11 is 1.69. The van der Waals surface area contributed by atoms with Gasteiger partial charge < -0.3 is 19.8 Å². The van der Waals surface area contributed by atoms with Gasteiger partial charge in [0.15, 0.2) is 0 Å². The molecule has 1 N–H and O–H groups in total. The normalized spacial score (nSPS) is 24.4. The molecule has 3 amide bonds. The molecule has 11 heteroatoms. The first-order valence-electron chi connectivity index (χ1n) is 16.6. The van der Waals surface area contributed by atoms with E-state index < -0.39 is 22.6 Å². The van der Waals surface area contributed by atoms with Gasteiger partial charge in [-0.2, -0.15) is 0 Å². The predicted molar refractivity (Wildman–Crippen MR) is 183 cm³/mol. The van der Waals surface area contributed by atoms with Crippen molar-refractivity contribution in [3.8, 4) is 0 Å². The van der Waals surface area contributed by atoms with Gasteiger partial charge >= 0.3 is 0 Å². The average Bonchev–Trinajstić information content (AvgIpc) is 3.84. The SMILES string of the molecule is C=CCN(Cn1nnc2ccccc21)C(=O)C1N(CCCCCCO)C(=O)[C@@H]2[C@@H](C(=O)N(CC=C)Cc3ccccc3)[C@H]3CCC12S3. The monoisotopic (exact) mass is 656 g/mol. The van der Waals surface area contributed by atoms with Crippen LogP contribution < -0.4 is 0 Å². The Balaban J connectivity index is 1.32. The first-order chi connectivity index (χ1) is 22.9. The summed E-state index contributed by atoms with van der Waals surface area (Å²) in [5, 5.41) is 17.8. The van der Waals surface area contributed by atoms with Crippen LogP contribution in [0.15, 0.2) is 79.9 Å². The van der Waals surface area contributed by atoms with Crippen molar-refractivity contribution in [3.63, 3.8) is 0 Å². The van der Waals surface area contributed by atoms with Crippen LogP contribution in [-0.4, -0.2) is 94.8 Å². The number of aromatic nitrogens is 3. The fourth-order valence-electron chi connectivity index (χ4n) is 7.83. The van der Waals surface area contributed by atoms with Crippen LogP contribution in [0, 0.1) is 11.8 Å². The van der Waals surface area contributed by atoms with Gasteiger partial charge in [0.25, 0.3) is 0 Å². The molecule has 0 saturated carbocycles. The summed E-state index contributed by atoms with van der Waals surface area (Å²) < 4.78 is 1.02. The molecular formula is C36H44N6O4S. The van der Waals surface area contributed by atoms with E-state index in [1.165, 1.54) is 0 Å². The van der Waals surface area contributed by atoms with Crippen molar-refractivity contribution < 1.29 is 19.5 Å². The second-order valence-electron chi connectivity index (χ2n) is 12.8. The van der Waals surface area contributed by atoms with Crippen molar-refractivity contribution in [2.24, 2.45) is 11.8 Å². The highest BCUT2D eigenvalue weighted by Gasteiger charge is 2.74. The van der Waals surface area contributed by atoms with E-state index in [0.717, 1.165) is 42.3 Å². The predicted octanol–water partition coefficient (Wildman–Crippen LogP) is 4.26. The van der Waals surface area contributed by atoms with Crippen LogP contribution in [0.25, 0.3) is 11.0 Å². The molecule has 0 aliphatic carbocycles. The molecule has 6 rings (SSSR count). The molecule has 2 aromatic carbocycles. The molecule has 3 aliphatic rings. The molecule has 2 bridgehead atoms. The lowest BCUT2D eigenvalue weighted by Gasteiger charge is -2.37. The Kier molecular flexibility index (Phi) is 10.1. The van der Waals surface area contributed by atoms with E-state index in [2.05, 4.69) is 23.5 Å². The molecule has 248 valence electrons. The van der Waals surface area contributed by atoms with E-state index in [9.17, 15) is 19.5 Å². The van der Waals surface area contributed by atoms with E-state index in [1.54, 1.807) is 38.4 Å². The standard InChI is InChI=1S/C36H44N6O4S/c1-3-20-39(24-26-14-8-7-9-15-26)33(44)30-29-18-19-36(47-29)31(30)34(45)41(22-12-5-6-13-23-43)32(36)35(46)40(21-4-2)25-42-28-17-11-10-16-27(28)37-38-42/h3-4,7-11,14-17,29-32,43H,1-2,5-6,12-13,18-25H2/t29-,30+,31+,32?,36?/m1/s1. The lowest BCUT2D eigenvalue weighted by molar-refractivity contribution is -0.145. The molecule has 3 saturated heterocycles. The number of benzene rings is 2. The van der Waals surface area contributed by atoms with Gasteiger partial charge in [-0.3, -0.25) is 14.4 Å².